The number of carbonyl (C=O) groups excluding carboxylic acids is 1. The largest absolute Gasteiger partial charge is 0.366 e. The maximum Gasteiger partial charge on any atom is 0.248 e. The molecule has 0 saturated heterocycles. The molecular weight excluding hydrogens is 334 g/mol. The number of carbonyl (C=O) groups is 1. The maximum absolute atomic E-state index is 13.2. The molecule has 26 heavy (non-hydrogen) atoms. The fourth-order valence-electron chi connectivity index (χ4n) is 3.52. The molecule has 3 rings (SSSR count). The van der Waals surface area contributed by atoms with E-state index in [1.165, 1.54) is 0 Å². The van der Waals surface area contributed by atoms with E-state index in [9.17, 15) is 13.6 Å². The molecule has 0 bridgehead atoms. The number of alkyl halides is 2. The number of halogens is 2. The predicted octanol–water partition coefficient (Wildman–Crippen LogP) is 4.43. The first-order chi connectivity index (χ1) is 12.4. The number of benzene rings is 2. The molecule has 0 atom stereocenters. The van der Waals surface area contributed by atoms with Crippen LogP contribution in [0.3, 0.4) is 0 Å². The van der Waals surface area contributed by atoms with Crippen LogP contribution in [0.5, 0.6) is 0 Å². The maximum atomic E-state index is 13.2. The van der Waals surface area contributed by atoms with Gasteiger partial charge in [0.1, 0.15) is 0 Å². The lowest BCUT2D eigenvalue weighted by Gasteiger charge is -2.29. The van der Waals surface area contributed by atoms with Crippen molar-refractivity contribution in [1.29, 1.82) is 0 Å². The number of nitrogens with two attached hydrogens (primary N) is 1. The van der Waals surface area contributed by atoms with Gasteiger partial charge >= 0.3 is 0 Å². The van der Waals surface area contributed by atoms with Crippen molar-refractivity contribution in [2.24, 2.45) is 5.73 Å². The van der Waals surface area contributed by atoms with Crippen molar-refractivity contribution in [1.82, 2.24) is 5.32 Å². The zero-order valence-electron chi connectivity index (χ0n) is 14.9. The van der Waals surface area contributed by atoms with Crippen LogP contribution in [0.15, 0.2) is 42.5 Å². The van der Waals surface area contributed by atoms with Gasteiger partial charge in [-0.05, 0) is 48.1 Å². The second-order valence-corrected chi connectivity index (χ2v) is 7.05. The van der Waals surface area contributed by atoms with Gasteiger partial charge in [0, 0.05) is 31.0 Å². The molecule has 0 spiro atoms. The Kier molecular flexibility index (Phi) is 5.37. The molecule has 2 aromatic carbocycles. The van der Waals surface area contributed by atoms with E-state index in [2.05, 4.69) is 5.32 Å². The Morgan fingerprint density at radius 1 is 1.15 bits per heavy atom. The van der Waals surface area contributed by atoms with Gasteiger partial charge in [0.2, 0.25) is 11.8 Å². The van der Waals surface area contributed by atoms with Gasteiger partial charge in [-0.25, -0.2) is 8.78 Å². The molecule has 1 amide bonds. The van der Waals surface area contributed by atoms with Gasteiger partial charge < -0.3 is 11.1 Å². The minimum atomic E-state index is -2.49. The second kappa shape index (κ2) is 7.54. The monoisotopic (exact) mass is 358 g/mol. The Hall–Kier alpha value is -2.27. The summed E-state index contributed by atoms with van der Waals surface area (Å²) in [6.07, 6.45) is 0.979. The SMILES string of the molecule is Cc1c(C(N)=O)cccc1-c1ccc(CNC2CCC(F)(F)CC2)cc1. The molecule has 3 nitrogen and oxygen atoms in total. The lowest BCUT2D eigenvalue weighted by molar-refractivity contribution is -0.0405. The van der Waals surface area contributed by atoms with Crippen molar-refractivity contribution in [3.8, 4) is 11.1 Å². The zero-order valence-corrected chi connectivity index (χ0v) is 14.9. The molecule has 1 aliphatic carbocycles. The summed E-state index contributed by atoms with van der Waals surface area (Å²) in [6.45, 7) is 2.56. The molecule has 1 saturated carbocycles. The molecule has 138 valence electrons. The van der Waals surface area contributed by atoms with E-state index in [-0.39, 0.29) is 18.9 Å². The first kappa shape index (κ1) is 18.5. The number of rotatable bonds is 5. The van der Waals surface area contributed by atoms with Crippen LogP contribution in [0.1, 0.15) is 47.2 Å². The summed E-state index contributed by atoms with van der Waals surface area (Å²) >= 11 is 0. The van der Waals surface area contributed by atoms with Crippen molar-refractivity contribution in [3.05, 3.63) is 59.2 Å². The summed E-state index contributed by atoms with van der Waals surface area (Å²) < 4.78 is 26.4. The number of nitrogens with one attached hydrogen (secondary N) is 1. The van der Waals surface area contributed by atoms with Gasteiger partial charge in [0.25, 0.3) is 0 Å². The van der Waals surface area contributed by atoms with E-state index in [1.54, 1.807) is 6.07 Å². The summed E-state index contributed by atoms with van der Waals surface area (Å²) in [5, 5.41) is 3.38. The topological polar surface area (TPSA) is 55.1 Å². The summed E-state index contributed by atoms with van der Waals surface area (Å²) in [4.78, 5) is 11.5. The average molecular weight is 358 g/mol. The normalized spacial score (nSPS) is 17.2. The van der Waals surface area contributed by atoms with Crippen molar-refractivity contribution in [3.63, 3.8) is 0 Å². The van der Waals surface area contributed by atoms with E-state index in [0.29, 0.717) is 24.9 Å². The fourth-order valence-corrected chi connectivity index (χ4v) is 3.52. The summed E-state index contributed by atoms with van der Waals surface area (Å²) in [5.74, 6) is -2.92. The van der Waals surface area contributed by atoms with E-state index >= 15 is 0 Å². The molecule has 0 unspecified atom stereocenters. The summed E-state index contributed by atoms with van der Waals surface area (Å²) in [5.41, 5.74) is 9.93. The average Bonchev–Trinajstić information content (AvgIpc) is 2.61. The third-order valence-corrected chi connectivity index (χ3v) is 5.18. The lowest BCUT2D eigenvalue weighted by Crippen LogP contribution is -2.36. The van der Waals surface area contributed by atoms with Gasteiger partial charge in [-0.3, -0.25) is 4.79 Å². The Morgan fingerprint density at radius 2 is 1.81 bits per heavy atom. The van der Waals surface area contributed by atoms with Crippen molar-refractivity contribution < 1.29 is 13.6 Å². The Bertz CT molecular complexity index is 777. The molecule has 1 aliphatic rings. The highest BCUT2D eigenvalue weighted by Gasteiger charge is 2.34. The van der Waals surface area contributed by atoms with Crippen molar-refractivity contribution in [2.45, 2.75) is 51.1 Å². The highest BCUT2D eigenvalue weighted by atomic mass is 19.3. The molecule has 0 aliphatic heterocycles. The molecule has 2 aromatic rings. The Labute approximate surface area is 152 Å². The van der Waals surface area contributed by atoms with Crippen LogP contribution < -0.4 is 11.1 Å². The Morgan fingerprint density at radius 3 is 2.42 bits per heavy atom. The zero-order chi connectivity index (χ0) is 18.7. The standard InChI is InChI=1S/C21H24F2N2O/c1-14-18(3-2-4-19(14)20(24)26)16-7-5-15(6-8-16)13-25-17-9-11-21(22,23)12-10-17/h2-8,17,25H,9-13H2,1H3,(H2,24,26). The van der Waals surface area contributed by atoms with Crippen LogP contribution in [0.4, 0.5) is 8.78 Å². The third-order valence-electron chi connectivity index (χ3n) is 5.18. The molecular formula is C21H24F2N2O. The van der Waals surface area contributed by atoms with Crippen LogP contribution in [-0.4, -0.2) is 17.9 Å². The number of amides is 1. The first-order valence-electron chi connectivity index (χ1n) is 8.96. The Balaban J connectivity index is 1.64. The molecule has 1 fully saturated rings. The molecule has 3 N–H and O–H groups in total. The van der Waals surface area contributed by atoms with Gasteiger partial charge in [0.15, 0.2) is 0 Å². The third kappa shape index (κ3) is 4.28. The van der Waals surface area contributed by atoms with Crippen molar-refractivity contribution in [2.75, 3.05) is 0 Å². The summed E-state index contributed by atoms with van der Waals surface area (Å²) in [7, 11) is 0. The predicted molar refractivity (Wildman–Crippen MR) is 99.2 cm³/mol. The second-order valence-electron chi connectivity index (χ2n) is 7.05. The van der Waals surface area contributed by atoms with E-state index in [1.807, 2.05) is 43.3 Å². The van der Waals surface area contributed by atoms with Crippen LogP contribution in [0.25, 0.3) is 11.1 Å². The number of hydrogen-bond donors (Lipinski definition) is 2. The van der Waals surface area contributed by atoms with Crippen LogP contribution in [0, 0.1) is 6.92 Å². The number of hydrogen-bond acceptors (Lipinski definition) is 2. The minimum absolute atomic E-state index is 0.0287. The van der Waals surface area contributed by atoms with Gasteiger partial charge in [-0.15, -0.1) is 0 Å². The molecule has 5 heteroatoms. The van der Waals surface area contributed by atoms with Crippen LogP contribution >= 0.6 is 0 Å². The summed E-state index contributed by atoms with van der Waals surface area (Å²) in [6, 6.07) is 13.8. The number of primary amides is 1. The quantitative estimate of drug-likeness (QED) is 0.831. The van der Waals surface area contributed by atoms with Crippen LogP contribution in [0.2, 0.25) is 0 Å². The molecule has 0 aromatic heterocycles. The minimum Gasteiger partial charge on any atom is -0.366 e. The van der Waals surface area contributed by atoms with E-state index in [4.69, 9.17) is 5.73 Å². The van der Waals surface area contributed by atoms with E-state index in [0.717, 1.165) is 22.3 Å². The lowest BCUT2D eigenvalue weighted by atomic mass is 9.92. The van der Waals surface area contributed by atoms with Crippen molar-refractivity contribution >= 4 is 5.91 Å². The molecule has 0 heterocycles. The fraction of sp³-hybridized carbons (Fsp3) is 0.381. The van der Waals surface area contributed by atoms with Gasteiger partial charge in [0.05, 0.1) is 0 Å². The van der Waals surface area contributed by atoms with Gasteiger partial charge in [-0.1, -0.05) is 36.4 Å². The van der Waals surface area contributed by atoms with Gasteiger partial charge in [-0.2, -0.15) is 0 Å². The first-order valence-corrected chi connectivity index (χ1v) is 8.96. The highest BCUT2D eigenvalue weighted by Crippen LogP contribution is 2.33. The van der Waals surface area contributed by atoms with E-state index < -0.39 is 11.8 Å². The van der Waals surface area contributed by atoms with Crippen LogP contribution in [-0.2, 0) is 6.54 Å². The smallest absolute Gasteiger partial charge is 0.248 e. The highest BCUT2D eigenvalue weighted by molar-refractivity contribution is 5.96. The molecule has 0 radical (unpaired) electrons.